The molecule has 4 aromatic rings. The van der Waals surface area contributed by atoms with Gasteiger partial charge in [-0.2, -0.15) is 0 Å². The number of fused-ring (bicyclic) bond motifs is 4. The second kappa shape index (κ2) is 21.6. The van der Waals surface area contributed by atoms with E-state index in [0.29, 0.717) is 84.5 Å². The molecule has 6 heterocycles. The highest BCUT2D eigenvalue weighted by molar-refractivity contribution is 8.00. The van der Waals surface area contributed by atoms with Gasteiger partial charge in [0, 0.05) is 54.1 Å². The lowest BCUT2D eigenvalue weighted by atomic mass is 9.69. The van der Waals surface area contributed by atoms with E-state index in [9.17, 15) is 24.0 Å². The van der Waals surface area contributed by atoms with Crippen molar-refractivity contribution in [1.29, 1.82) is 0 Å². The van der Waals surface area contributed by atoms with Gasteiger partial charge in [-0.3, -0.25) is 19.3 Å². The van der Waals surface area contributed by atoms with Gasteiger partial charge in [-0.25, -0.2) is 14.6 Å². The number of piperidine rings is 3. The highest BCUT2D eigenvalue weighted by atomic mass is 32.2. The number of β-lactam (4-membered cyclic amide) rings is 1. The minimum absolute atomic E-state index is 0.0659. The molecule has 2 radical (unpaired) electrons. The standard InChI is InChI=1S/C53H60BN5O12S2/c1-32-55-40(31-72-32)44(57-71-52(5,6)50(64)69-51(2,3)4)41(60)26-39-46(61)58-45(48(62)70-54)35(30-73-47(39)58)27-59-22-19-53(20-23-59,21-24-59)49(63)56-36-13-18-42(67-28-33-9-14-37(65-7)15-10-33)43(25-36)68-29-34-11-16-38(66-8)17-12-34/h9-18,25,31,39,47H,19-24,26-30H2,1-8H3/p+1/b57-44-/t39-,47-,53?,59?/m1/s1. The number of methoxy groups -OCH3 is 2. The lowest BCUT2D eigenvalue weighted by molar-refractivity contribution is -0.940. The third-order valence-corrected chi connectivity index (χ3v) is 15.9. The summed E-state index contributed by atoms with van der Waals surface area (Å²) in [5.41, 5.74) is 0.467. The predicted molar refractivity (Wildman–Crippen MR) is 275 cm³/mol. The minimum atomic E-state index is -1.55. The number of Topliss-reactive ketones (excluding diaryl/α,β-unsaturated/α-hetero) is 1. The van der Waals surface area contributed by atoms with Crippen LogP contribution >= 0.6 is 23.1 Å². The molecule has 0 unspecified atom stereocenters. The second-order valence-electron chi connectivity index (χ2n) is 20.4. The largest absolute Gasteiger partial charge is 0.539 e. The van der Waals surface area contributed by atoms with Crippen molar-refractivity contribution in [2.24, 2.45) is 16.5 Å². The zero-order valence-electron chi connectivity index (χ0n) is 42.4. The second-order valence-corrected chi connectivity index (χ2v) is 22.6. The Hall–Kier alpha value is -6.38. The van der Waals surface area contributed by atoms with E-state index >= 15 is 0 Å². The van der Waals surface area contributed by atoms with Gasteiger partial charge in [0.1, 0.15) is 48.2 Å². The smallest absolute Gasteiger partial charge is 0.378 e. The van der Waals surface area contributed by atoms with E-state index in [2.05, 4.69) is 15.5 Å². The third kappa shape index (κ3) is 11.9. The van der Waals surface area contributed by atoms with Crippen LogP contribution in [0.2, 0.25) is 0 Å². The monoisotopic (exact) mass is 1030 g/mol. The number of aromatic nitrogens is 1. The number of benzene rings is 3. The molecule has 1 aromatic heterocycles. The maximum atomic E-state index is 14.3. The normalized spacial score (nSPS) is 21.6. The maximum absolute atomic E-state index is 14.3. The van der Waals surface area contributed by atoms with Crippen LogP contribution in [-0.2, 0) is 51.4 Å². The van der Waals surface area contributed by atoms with Crippen LogP contribution in [0.1, 0.15) is 82.1 Å². The zero-order chi connectivity index (χ0) is 52.3. The molecule has 0 aliphatic carbocycles. The van der Waals surface area contributed by atoms with Crippen LogP contribution in [0.25, 0.3) is 0 Å². The van der Waals surface area contributed by atoms with Crippen molar-refractivity contribution in [1.82, 2.24) is 9.88 Å². The Bertz CT molecular complexity index is 2780. The van der Waals surface area contributed by atoms with Gasteiger partial charge in [-0.1, -0.05) is 29.4 Å². The number of oxime groups is 1. The summed E-state index contributed by atoms with van der Waals surface area (Å²) in [6.07, 6.45) is 1.62. The zero-order valence-corrected chi connectivity index (χ0v) is 44.1. The summed E-state index contributed by atoms with van der Waals surface area (Å²) in [7, 11) is 8.74. The quantitative estimate of drug-likeness (QED) is 0.0229. The van der Waals surface area contributed by atoms with Crippen LogP contribution in [0.15, 0.2) is 88.5 Å². The predicted octanol–water partition coefficient (Wildman–Crippen LogP) is 7.48. The number of rotatable bonds is 20. The first-order valence-electron chi connectivity index (χ1n) is 24.1. The number of anilines is 1. The van der Waals surface area contributed by atoms with E-state index in [1.807, 2.05) is 54.6 Å². The summed E-state index contributed by atoms with van der Waals surface area (Å²) in [5.74, 6) is -0.417. The highest BCUT2D eigenvalue weighted by Crippen LogP contribution is 2.49. The van der Waals surface area contributed by atoms with Crippen molar-refractivity contribution in [3.05, 3.63) is 105 Å². The van der Waals surface area contributed by atoms with Crippen molar-refractivity contribution >= 4 is 72.1 Å². The van der Waals surface area contributed by atoms with Crippen LogP contribution < -0.4 is 24.3 Å². The Morgan fingerprint density at radius 2 is 1.48 bits per heavy atom. The Balaban J connectivity index is 0.925. The average molecular weight is 1040 g/mol. The first-order chi connectivity index (χ1) is 34.7. The summed E-state index contributed by atoms with van der Waals surface area (Å²) in [6.45, 7) is 13.0. The molecular weight excluding hydrogens is 974 g/mol. The van der Waals surface area contributed by atoms with E-state index < -0.39 is 51.5 Å². The van der Waals surface area contributed by atoms with Gasteiger partial charge in [-0.15, -0.1) is 23.1 Å². The Kier molecular flexibility index (Phi) is 15.7. The molecule has 2 atom stereocenters. The Labute approximate surface area is 434 Å². The molecule has 0 saturated carbocycles. The molecular formula is C53H61BN5O12S2+. The number of carbonyl (C=O) groups is 5. The van der Waals surface area contributed by atoms with Gasteiger partial charge in [0.05, 0.1) is 55.6 Å². The minimum Gasteiger partial charge on any atom is -0.539 e. The van der Waals surface area contributed by atoms with E-state index in [1.54, 1.807) is 59.4 Å². The molecule has 2 bridgehead atoms. The summed E-state index contributed by atoms with van der Waals surface area (Å²) >= 11 is 2.78. The molecule has 17 nitrogen and oxygen atoms in total. The number of nitrogens with zero attached hydrogens (tertiary/aromatic N) is 4. The van der Waals surface area contributed by atoms with Crippen molar-refractivity contribution in [2.45, 2.75) is 97.0 Å². The van der Waals surface area contributed by atoms with E-state index in [4.69, 9.17) is 41.2 Å². The molecule has 9 rings (SSSR count). The number of hydrogen-bond donors (Lipinski definition) is 1. The number of carbonyl (C=O) groups excluding carboxylic acids is 5. The molecule has 1 N–H and O–H groups in total. The molecule has 384 valence electrons. The molecule has 73 heavy (non-hydrogen) atoms. The van der Waals surface area contributed by atoms with Gasteiger partial charge >= 0.3 is 20.0 Å². The van der Waals surface area contributed by atoms with Gasteiger partial charge in [0.2, 0.25) is 17.4 Å². The van der Waals surface area contributed by atoms with E-state index in [-0.39, 0.29) is 36.0 Å². The lowest BCUT2D eigenvalue weighted by Gasteiger charge is -2.55. The van der Waals surface area contributed by atoms with Crippen LogP contribution in [0.3, 0.4) is 0 Å². The first kappa shape index (κ1) is 52.9. The van der Waals surface area contributed by atoms with Crippen LogP contribution in [0.5, 0.6) is 23.0 Å². The van der Waals surface area contributed by atoms with E-state index in [0.717, 1.165) is 28.2 Å². The van der Waals surface area contributed by atoms with Gasteiger partial charge < -0.3 is 43.0 Å². The number of ketones is 1. The number of esters is 1. The number of quaternary nitrogens is 1. The number of hydrogen-bond acceptors (Lipinski definition) is 16. The number of nitrogens with one attached hydrogen (secondary N) is 1. The molecule has 20 heteroatoms. The van der Waals surface area contributed by atoms with Crippen molar-refractivity contribution in [3.63, 3.8) is 0 Å². The SMILES string of the molecule is [B]OC(=O)C1=C(C[N+]23CCC(C(=O)Nc4ccc(OCc5ccc(OC)cc5)c(OCc5ccc(OC)cc5)c4)(CC2)CC3)CS[C@@H]2[C@H](CC(=O)/C(=N\OC(C)(C)C(=O)OC(C)(C)C)c3csc(C)n3)C(=O)N12. The highest BCUT2D eigenvalue weighted by Gasteiger charge is 2.57. The number of ether oxygens (including phenoxy) is 5. The molecule has 2 amide bonds. The topological polar surface area (TPSA) is 190 Å². The van der Waals surface area contributed by atoms with E-state index in [1.165, 1.54) is 41.8 Å². The van der Waals surface area contributed by atoms with Crippen LogP contribution in [0, 0.1) is 18.3 Å². The maximum Gasteiger partial charge on any atom is 0.378 e. The van der Waals surface area contributed by atoms with Gasteiger partial charge in [-0.05, 0) is 89.1 Å². The van der Waals surface area contributed by atoms with Crippen molar-refractivity contribution < 1.29 is 61.6 Å². The summed E-state index contributed by atoms with van der Waals surface area (Å²) in [5, 5.41) is 9.13. The Morgan fingerprint density at radius 3 is 2.03 bits per heavy atom. The molecule has 5 aliphatic rings. The van der Waals surface area contributed by atoms with Crippen molar-refractivity contribution in [3.8, 4) is 23.0 Å². The number of thioether (sulfide) groups is 1. The summed E-state index contributed by atoms with van der Waals surface area (Å²) in [6, 6.07) is 20.6. The lowest BCUT2D eigenvalue weighted by Crippen LogP contribution is -2.66. The molecule has 4 saturated heterocycles. The fourth-order valence-electron chi connectivity index (χ4n) is 9.48. The average Bonchev–Trinajstić information content (AvgIpc) is 3.82. The number of thiazole rings is 1. The third-order valence-electron chi connectivity index (χ3n) is 13.8. The summed E-state index contributed by atoms with van der Waals surface area (Å²) < 4.78 is 34.1. The first-order valence-corrected chi connectivity index (χ1v) is 26.0. The van der Waals surface area contributed by atoms with Crippen LogP contribution in [-0.4, -0.2) is 120 Å². The van der Waals surface area contributed by atoms with Gasteiger partial charge in [0.25, 0.3) is 0 Å². The molecule has 0 spiro atoms. The molecule has 3 aromatic carbocycles. The fourth-order valence-corrected chi connectivity index (χ4v) is 11.5. The fraction of sp³-hybridized carbons (Fsp3) is 0.453. The molecule has 5 aliphatic heterocycles. The number of amides is 2. The summed E-state index contributed by atoms with van der Waals surface area (Å²) in [4.78, 5) is 80.3. The molecule has 4 fully saturated rings. The van der Waals surface area contributed by atoms with Crippen LogP contribution in [0.4, 0.5) is 5.69 Å². The van der Waals surface area contributed by atoms with Crippen molar-refractivity contribution in [2.75, 3.05) is 51.5 Å². The number of aryl methyl sites for hydroxylation is 1. The Morgan fingerprint density at radius 1 is 0.877 bits per heavy atom. The van der Waals surface area contributed by atoms with Gasteiger partial charge in [0.15, 0.2) is 23.0 Å².